The number of aryl methyl sites for hydroxylation is 1. The SMILES string of the molecule is Cc1csc(CN2CCC[C@H](Nc3ccc(N)nc3)CC2)n1. The van der Waals surface area contributed by atoms with Crippen molar-refractivity contribution in [1.82, 2.24) is 14.9 Å². The van der Waals surface area contributed by atoms with E-state index in [1.54, 1.807) is 11.3 Å². The lowest BCUT2D eigenvalue weighted by Gasteiger charge is -2.19. The molecule has 1 saturated heterocycles. The summed E-state index contributed by atoms with van der Waals surface area (Å²) in [6.45, 7) is 5.30. The summed E-state index contributed by atoms with van der Waals surface area (Å²) in [5, 5.41) is 6.94. The van der Waals surface area contributed by atoms with Gasteiger partial charge in [-0.2, -0.15) is 0 Å². The molecule has 0 amide bonds. The minimum atomic E-state index is 0.508. The molecule has 0 radical (unpaired) electrons. The molecule has 0 saturated carbocycles. The fourth-order valence-corrected chi connectivity index (χ4v) is 3.66. The first-order chi connectivity index (χ1) is 10.7. The van der Waals surface area contributed by atoms with E-state index in [1.807, 2.05) is 18.3 Å². The van der Waals surface area contributed by atoms with Crippen LogP contribution in [0.2, 0.25) is 0 Å². The van der Waals surface area contributed by atoms with Gasteiger partial charge in [0.1, 0.15) is 10.8 Å². The lowest BCUT2D eigenvalue weighted by atomic mass is 10.1. The molecular formula is C16H23N5S. The maximum Gasteiger partial charge on any atom is 0.123 e. The Morgan fingerprint density at radius 1 is 1.36 bits per heavy atom. The van der Waals surface area contributed by atoms with Crippen molar-refractivity contribution in [2.45, 2.75) is 38.8 Å². The number of pyridine rings is 1. The summed E-state index contributed by atoms with van der Waals surface area (Å²) in [4.78, 5) is 11.2. The van der Waals surface area contributed by atoms with Gasteiger partial charge in [0.25, 0.3) is 0 Å². The van der Waals surface area contributed by atoms with Crippen LogP contribution in [0.5, 0.6) is 0 Å². The number of nitrogens with two attached hydrogens (primary N) is 1. The quantitative estimate of drug-likeness (QED) is 0.907. The van der Waals surface area contributed by atoms with Crippen molar-refractivity contribution in [2.75, 3.05) is 24.1 Å². The summed E-state index contributed by atoms with van der Waals surface area (Å²) >= 11 is 1.77. The fourth-order valence-electron chi connectivity index (χ4n) is 2.85. The Morgan fingerprint density at radius 2 is 2.27 bits per heavy atom. The Morgan fingerprint density at radius 3 is 3.00 bits per heavy atom. The molecule has 1 fully saturated rings. The third-order valence-corrected chi connectivity index (χ3v) is 4.95. The monoisotopic (exact) mass is 317 g/mol. The van der Waals surface area contributed by atoms with Crippen LogP contribution in [0.3, 0.4) is 0 Å². The Kier molecular flexibility index (Phi) is 4.90. The highest BCUT2D eigenvalue weighted by molar-refractivity contribution is 7.09. The molecule has 3 rings (SSSR count). The molecule has 0 bridgehead atoms. The van der Waals surface area contributed by atoms with Gasteiger partial charge in [0.2, 0.25) is 0 Å². The van der Waals surface area contributed by atoms with Crippen molar-refractivity contribution in [3.8, 4) is 0 Å². The maximum absolute atomic E-state index is 5.63. The topological polar surface area (TPSA) is 67.1 Å². The van der Waals surface area contributed by atoms with Crippen molar-refractivity contribution in [3.63, 3.8) is 0 Å². The minimum absolute atomic E-state index is 0.508. The zero-order valence-corrected chi connectivity index (χ0v) is 13.8. The summed E-state index contributed by atoms with van der Waals surface area (Å²) < 4.78 is 0. The summed E-state index contributed by atoms with van der Waals surface area (Å²) in [7, 11) is 0. The highest BCUT2D eigenvalue weighted by Crippen LogP contribution is 2.19. The number of aromatic nitrogens is 2. The summed E-state index contributed by atoms with van der Waals surface area (Å²) in [6.07, 6.45) is 5.37. The molecule has 5 nitrogen and oxygen atoms in total. The van der Waals surface area contributed by atoms with E-state index in [0.717, 1.165) is 37.4 Å². The van der Waals surface area contributed by atoms with Gasteiger partial charge >= 0.3 is 0 Å². The van der Waals surface area contributed by atoms with Crippen LogP contribution in [0, 0.1) is 6.92 Å². The van der Waals surface area contributed by atoms with Crippen LogP contribution in [0.1, 0.15) is 30.0 Å². The van der Waals surface area contributed by atoms with E-state index in [4.69, 9.17) is 5.73 Å². The van der Waals surface area contributed by atoms with E-state index >= 15 is 0 Å². The molecule has 1 atom stereocenters. The zero-order chi connectivity index (χ0) is 15.4. The number of likely N-dealkylation sites (tertiary alicyclic amines) is 1. The summed E-state index contributed by atoms with van der Waals surface area (Å²) in [6, 6.07) is 4.35. The Balaban J connectivity index is 1.52. The van der Waals surface area contributed by atoms with E-state index < -0.39 is 0 Å². The van der Waals surface area contributed by atoms with Crippen LogP contribution in [0.4, 0.5) is 11.5 Å². The molecule has 22 heavy (non-hydrogen) atoms. The molecule has 0 unspecified atom stereocenters. The average molecular weight is 317 g/mol. The first-order valence-corrected chi connectivity index (χ1v) is 8.68. The zero-order valence-electron chi connectivity index (χ0n) is 13.0. The van der Waals surface area contributed by atoms with E-state index in [2.05, 4.69) is 32.5 Å². The second-order valence-electron chi connectivity index (χ2n) is 5.90. The molecule has 2 aromatic heterocycles. The fraction of sp³-hybridized carbons (Fsp3) is 0.500. The first kappa shape index (κ1) is 15.2. The number of nitrogens with one attached hydrogen (secondary N) is 1. The largest absolute Gasteiger partial charge is 0.384 e. The van der Waals surface area contributed by atoms with Crippen molar-refractivity contribution in [3.05, 3.63) is 34.4 Å². The predicted molar refractivity (Wildman–Crippen MR) is 92.0 cm³/mol. The number of hydrogen-bond acceptors (Lipinski definition) is 6. The van der Waals surface area contributed by atoms with Gasteiger partial charge < -0.3 is 11.1 Å². The van der Waals surface area contributed by atoms with Gasteiger partial charge in [-0.05, 0) is 44.9 Å². The van der Waals surface area contributed by atoms with Crippen LogP contribution in [0.15, 0.2) is 23.7 Å². The average Bonchev–Trinajstić information content (AvgIpc) is 2.78. The third-order valence-electron chi connectivity index (χ3n) is 4.00. The first-order valence-electron chi connectivity index (χ1n) is 7.80. The van der Waals surface area contributed by atoms with E-state index in [0.29, 0.717) is 11.9 Å². The van der Waals surface area contributed by atoms with Gasteiger partial charge in [-0.1, -0.05) is 0 Å². The molecule has 6 heteroatoms. The lowest BCUT2D eigenvalue weighted by molar-refractivity contribution is 0.276. The van der Waals surface area contributed by atoms with Gasteiger partial charge in [-0.25, -0.2) is 9.97 Å². The maximum atomic E-state index is 5.63. The van der Waals surface area contributed by atoms with Gasteiger partial charge in [0.05, 0.1) is 18.4 Å². The number of rotatable bonds is 4. The highest BCUT2D eigenvalue weighted by Gasteiger charge is 2.17. The second kappa shape index (κ2) is 7.07. The van der Waals surface area contributed by atoms with Crippen LogP contribution < -0.4 is 11.1 Å². The molecular weight excluding hydrogens is 294 g/mol. The van der Waals surface area contributed by atoms with Crippen molar-refractivity contribution in [2.24, 2.45) is 0 Å². The van der Waals surface area contributed by atoms with Gasteiger partial charge in [0, 0.05) is 23.7 Å². The molecule has 0 aromatic carbocycles. The molecule has 3 N–H and O–H groups in total. The number of thiazole rings is 1. The normalized spacial score (nSPS) is 19.8. The molecule has 3 heterocycles. The third kappa shape index (κ3) is 4.18. The molecule has 1 aliphatic rings. The lowest BCUT2D eigenvalue weighted by Crippen LogP contribution is -2.26. The number of nitrogen functional groups attached to an aromatic ring is 1. The molecule has 0 spiro atoms. The highest BCUT2D eigenvalue weighted by atomic mass is 32.1. The number of anilines is 2. The van der Waals surface area contributed by atoms with Gasteiger partial charge in [-0.3, -0.25) is 4.90 Å². The molecule has 0 aliphatic carbocycles. The Hall–Kier alpha value is -1.66. The molecule has 1 aliphatic heterocycles. The van der Waals surface area contributed by atoms with E-state index in [9.17, 15) is 0 Å². The standard InChI is InChI=1S/C16H23N5S/c1-12-11-22-16(19-12)10-21-7-2-3-13(6-8-21)20-14-4-5-15(17)18-9-14/h4-5,9,11,13,20H,2-3,6-8,10H2,1H3,(H2,17,18)/t13-/m0/s1. The van der Waals surface area contributed by atoms with Gasteiger partial charge in [0.15, 0.2) is 0 Å². The summed E-state index contributed by atoms with van der Waals surface area (Å²) in [5.74, 6) is 0.566. The number of nitrogens with zero attached hydrogens (tertiary/aromatic N) is 3. The van der Waals surface area contributed by atoms with Crippen LogP contribution >= 0.6 is 11.3 Å². The van der Waals surface area contributed by atoms with Crippen molar-refractivity contribution >= 4 is 22.8 Å². The van der Waals surface area contributed by atoms with E-state index in [-0.39, 0.29) is 0 Å². The predicted octanol–water partition coefficient (Wildman–Crippen LogP) is 2.90. The van der Waals surface area contributed by atoms with Crippen LogP contribution in [-0.2, 0) is 6.54 Å². The smallest absolute Gasteiger partial charge is 0.123 e. The van der Waals surface area contributed by atoms with Crippen LogP contribution in [0.25, 0.3) is 0 Å². The molecule has 118 valence electrons. The second-order valence-corrected chi connectivity index (χ2v) is 6.85. The van der Waals surface area contributed by atoms with Crippen molar-refractivity contribution in [1.29, 1.82) is 0 Å². The van der Waals surface area contributed by atoms with Crippen molar-refractivity contribution < 1.29 is 0 Å². The van der Waals surface area contributed by atoms with Gasteiger partial charge in [-0.15, -0.1) is 11.3 Å². The Labute approximate surface area is 135 Å². The minimum Gasteiger partial charge on any atom is -0.384 e. The number of hydrogen-bond donors (Lipinski definition) is 2. The Bertz CT molecular complexity index is 595. The van der Waals surface area contributed by atoms with E-state index in [1.165, 1.54) is 17.8 Å². The molecule has 2 aromatic rings. The summed E-state index contributed by atoms with van der Waals surface area (Å²) in [5.41, 5.74) is 7.82. The van der Waals surface area contributed by atoms with Crippen LogP contribution in [-0.4, -0.2) is 34.0 Å².